The molecule has 168 valence electrons. The molecule has 1 atom stereocenters. The zero-order valence-electron chi connectivity index (χ0n) is 18.5. The lowest BCUT2D eigenvalue weighted by atomic mass is 9.95. The average molecular weight is 463 g/mol. The maximum atomic E-state index is 13.3. The van der Waals surface area contributed by atoms with Gasteiger partial charge in [-0.3, -0.25) is 19.5 Å². The molecular formula is C26H23ClN2O4. The summed E-state index contributed by atoms with van der Waals surface area (Å²) in [6.45, 7) is 6.10. The van der Waals surface area contributed by atoms with Crippen molar-refractivity contribution >= 4 is 34.7 Å². The molecular weight excluding hydrogens is 440 g/mol. The highest BCUT2D eigenvalue weighted by atomic mass is 35.5. The number of Topliss-reactive ketones (excluding diaryl/α,β-unsaturated/α-hetero) is 1. The van der Waals surface area contributed by atoms with Crippen LogP contribution >= 0.6 is 11.6 Å². The zero-order valence-corrected chi connectivity index (χ0v) is 19.3. The van der Waals surface area contributed by atoms with Crippen molar-refractivity contribution in [3.63, 3.8) is 0 Å². The summed E-state index contributed by atoms with van der Waals surface area (Å²) in [7, 11) is 0. The van der Waals surface area contributed by atoms with Crippen molar-refractivity contribution < 1.29 is 19.4 Å². The fraction of sp³-hybridized carbons (Fsp3) is 0.192. The van der Waals surface area contributed by atoms with Crippen LogP contribution in [-0.4, -0.2) is 28.4 Å². The number of hydrogen-bond donors (Lipinski definition) is 1. The van der Waals surface area contributed by atoms with Crippen molar-refractivity contribution in [1.29, 1.82) is 0 Å². The van der Waals surface area contributed by atoms with Crippen LogP contribution in [0.5, 0.6) is 5.75 Å². The summed E-state index contributed by atoms with van der Waals surface area (Å²) in [4.78, 5) is 32.1. The van der Waals surface area contributed by atoms with Gasteiger partial charge in [0.2, 0.25) is 0 Å². The lowest BCUT2D eigenvalue weighted by molar-refractivity contribution is -0.132. The quantitative estimate of drug-likeness (QED) is 0.313. The SMILES string of the molecule is CCOc1ccc(Cl)c(/C(O)=C2\C(=O)C(=O)N(c3ccc(C)cc3C)C2c2cccnc2)c1. The van der Waals surface area contributed by atoms with Crippen molar-refractivity contribution in [1.82, 2.24) is 4.98 Å². The van der Waals surface area contributed by atoms with Crippen LogP contribution in [0.25, 0.3) is 5.76 Å². The fourth-order valence-corrected chi connectivity index (χ4v) is 4.30. The van der Waals surface area contributed by atoms with Gasteiger partial charge >= 0.3 is 0 Å². The number of carbonyl (C=O) groups is 2. The van der Waals surface area contributed by atoms with Crippen LogP contribution in [0.1, 0.15) is 35.2 Å². The van der Waals surface area contributed by atoms with E-state index in [4.69, 9.17) is 16.3 Å². The highest BCUT2D eigenvalue weighted by molar-refractivity contribution is 6.52. The van der Waals surface area contributed by atoms with Gasteiger partial charge in [-0.1, -0.05) is 35.4 Å². The third-order valence-corrected chi connectivity index (χ3v) is 5.89. The third-order valence-electron chi connectivity index (χ3n) is 5.56. The molecule has 1 N–H and O–H groups in total. The van der Waals surface area contributed by atoms with Crippen LogP contribution in [-0.2, 0) is 9.59 Å². The number of hydrogen-bond acceptors (Lipinski definition) is 5. The molecule has 1 fully saturated rings. The Morgan fingerprint density at radius 3 is 2.61 bits per heavy atom. The van der Waals surface area contributed by atoms with Gasteiger partial charge in [-0.05, 0) is 62.2 Å². The maximum Gasteiger partial charge on any atom is 0.300 e. The minimum atomic E-state index is -0.869. The van der Waals surface area contributed by atoms with Gasteiger partial charge < -0.3 is 9.84 Å². The average Bonchev–Trinajstić information content (AvgIpc) is 3.06. The van der Waals surface area contributed by atoms with E-state index in [2.05, 4.69) is 4.98 Å². The van der Waals surface area contributed by atoms with Crippen LogP contribution in [0.2, 0.25) is 5.02 Å². The molecule has 0 radical (unpaired) electrons. The fourth-order valence-electron chi connectivity index (χ4n) is 4.10. The van der Waals surface area contributed by atoms with E-state index in [1.165, 1.54) is 4.90 Å². The Kier molecular flexibility index (Phi) is 6.20. The van der Waals surface area contributed by atoms with E-state index in [-0.39, 0.29) is 21.9 Å². The first kappa shape index (κ1) is 22.6. The highest BCUT2D eigenvalue weighted by Gasteiger charge is 2.47. The molecule has 0 bridgehead atoms. The molecule has 2 heterocycles. The molecule has 1 unspecified atom stereocenters. The first-order valence-electron chi connectivity index (χ1n) is 10.5. The van der Waals surface area contributed by atoms with Crippen molar-refractivity contribution in [2.75, 3.05) is 11.5 Å². The normalized spacial score (nSPS) is 17.5. The Morgan fingerprint density at radius 2 is 1.94 bits per heavy atom. The van der Waals surface area contributed by atoms with E-state index in [1.54, 1.807) is 42.7 Å². The number of amides is 1. The van der Waals surface area contributed by atoms with E-state index < -0.39 is 17.7 Å². The monoisotopic (exact) mass is 462 g/mol. The van der Waals surface area contributed by atoms with Crippen LogP contribution in [0, 0.1) is 13.8 Å². The molecule has 1 aliphatic rings. The van der Waals surface area contributed by atoms with Gasteiger partial charge in [0.05, 0.1) is 23.2 Å². The number of pyridine rings is 1. The van der Waals surface area contributed by atoms with Gasteiger partial charge in [0, 0.05) is 23.6 Å². The van der Waals surface area contributed by atoms with Crippen molar-refractivity contribution in [3.05, 3.63) is 93.8 Å². The molecule has 6 nitrogen and oxygen atoms in total. The van der Waals surface area contributed by atoms with Crippen LogP contribution in [0.15, 0.2) is 66.5 Å². The van der Waals surface area contributed by atoms with Gasteiger partial charge in [0.15, 0.2) is 0 Å². The standard InChI is InChI=1S/C26H23ClN2O4/c1-4-33-18-8-9-20(27)19(13-18)24(30)22-23(17-6-5-11-28-14-17)29(26(32)25(22)31)21-10-7-15(2)12-16(21)3/h5-14,23,30H,4H2,1-3H3/b24-22+. The summed E-state index contributed by atoms with van der Waals surface area (Å²) in [6.07, 6.45) is 3.19. The van der Waals surface area contributed by atoms with E-state index in [0.717, 1.165) is 11.1 Å². The number of carbonyl (C=O) groups excluding carboxylic acids is 2. The zero-order chi connectivity index (χ0) is 23.7. The second-order valence-corrected chi connectivity index (χ2v) is 8.23. The summed E-state index contributed by atoms with van der Waals surface area (Å²) in [5.41, 5.74) is 3.21. The first-order chi connectivity index (χ1) is 15.8. The minimum Gasteiger partial charge on any atom is -0.507 e. The molecule has 2 aromatic carbocycles. The number of benzene rings is 2. The summed E-state index contributed by atoms with van der Waals surface area (Å²) in [5, 5.41) is 11.5. The van der Waals surface area contributed by atoms with Crippen LogP contribution in [0.3, 0.4) is 0 Å². The molecule has 0 saturated carbocycles. The molecule has 33 heavy (non-hydrogen) atoms. The second kappa shape index (κ2) is 9.08. The predicted octanol–water partition coefficient (Wildman–Crippen LogP) is 5.38. The van der Waals surface area contributed by atoms with Crippen molar-refractivity contribution in [3.8, 4) is 5.75 Å². The highest BCUT2D eigenvalue weighted by Crippen LogP contribution is 2.44. The number of aromatic nitrogens is 1. The van der Waals surface area contributed by atoms with E-state index in [1.807, 2.05) is 39.0 Å². The number of aliphatic hydroxyl groups excluding tert-OH is 1. The van der Waals surface area contributed by atoms with Crippen molar-refractivity contribution in [2.24, 2.45) is 0 Å². The summed E-state index contributed by atoms with van der Waals surface area (Å²) < 4.78 is 5.53. The second-order valence-electron chi connectivity index (χ2n) is 7.82. The lowest BCUT2D eigenvalue weighted by Crippen LogP contribution is -2.30. The Bertz CT molecular complexity index is 1270. The molecule has 0 spiro atoms. The lowest BCUT2D eigenvalue weighted by Gasteiger charge is -2.26. The van der Waals surface area contributed by atoms with Gasteiger partial charge in [-0.2, -0.15) is 0 Å². The summed E-state index contributed by atoms with van der Waals surface area (Å²) in [5.74, 6) is -1.39. The maximum absolute atomic E-state index is 13.3. The van der Waals surface area contributed by atoms with E-state index in [9.17, 15) is 14.7 Å². The van der Waals surface area contributed by atoms with E-state index >= 15 is 0 Å². The number of aryl methyl sites for hydroxylation is 2. The number of rotatable bonds is 5. The van der Waals surface area contributed by atoms with Crippen LogP contribution in [0.4, 0.5) is 5.69 Å². The smallest absolute Gasteiger partial charge is 0.300 e. The van der Waals surface area contributed by atoms with Gasteiger partial charge in [0.1, 0.15) is 11.5 Å². The molecule has 1 aliphatic heterocycles. The molecule has 1 amide bonds. The van der Waals surface area contributed by atoms with Crippen LogP contribution < -0.4 is 9.64 Å². The third kappa shape index (κ3) is 4.10. The molecule has 0 aliphatic carbocycles. The van der Waals surface area contributed by atoms with Gasteiger partial charge in [-0.25, -0.2) is 0 Å². The Labute approximate surface area is 197 Å². The topological polar surface area (TPSA) is 79.7 Å². The number of nitrogens with zero attached hydrogens (tertiary/aromatic N) is 2. The summed E-state index contributed by atoms with van der Waals surface area (Å²) >= 11 is 6.37. The number of ether oxygens (including phenoxy) is 1. The number of ketones is 1. The van der Waals surface area contributed by atoms with Gasteiger partial charge in [-0.15, -0.1) is 0 Å². The molecule has 3 aromatic rings. The summed E-state index contributed by atoms with van der Waals surface area (Å²) in [6, 6.07) is 13.1. The largest absolute Gasteiger partial charge is 0.507 e. The van der Waals surface area contributed by atoms with Gasteiger partial charge in [0.25, 0.3) is 11.7 Å². The Hall–Kier alpha value is -3.64. The Morgan fingerprint density at radius 1 is 1.15 bits per heavy atom. The minimum absolute atomic E-state index is 0.0523. The van der Waals surface area contributed by atoms with E-state index in [0.29, 0.717) is 23.6 Å². The number of aliphatic hydroxyl groups is 1. The van der Waals surface area contributed by atoms with Crippen molar-refractivity contribution in [2.45, 2.75) is 26.8 Å². The Balaban J connectivity index is 1.96. The molecule has 1 saturated heterocycles. The molecule has 4 rings (SSSR count). The number of anilines is 1. The predicted molar refractivity (Wildman–Crippen MR) is 128 cm³/mol. The molecule has 1 aromatic heterocycles. The number of halogens is 1. The first-order valence-corrected chi connectivity index (χ1v) is 10.9. The molecule has 7 heteroatoms.